The van der Waals surface area contributed by atoms with Crippen molar-refractivity contribution in [3.05, 3.63) is 433 Å². The second-order valence-electron chi connectivity index (χ2n) is 36.5. The quantitative estimate of drug-likeness (QED) is 0.0166. The van der Waals surface area contributed by atoms with Crippen LogP contribution in [0.2, 0.25) is 0 Å². The molecule has 0 atom stereocenters. The zero-order valence-corrected chi connectivity index (χ0v) is 81.9. The molecule has 20 rings (SSSR count). The number of unbranched alkanes of at least 4 members (excludes halogenated alkanes) is 12. The van der Waals surface area contributed by atoms with E-state index in [-0.39, 0.29) is 9.79 Å². The van der Waals surface area contributed by atoms with Gasteiger partial charge in [0.05, 0.1) is 68.8 Å². The SMILES string of the molecule is C(=C\c1ccc(N(/N=C/c2ccc3c(c2)c2ccccc2n3CCCCCCCCn2c3ccccc3c3cc(/C=N/N(c4ccccc4)c4ccc(/C=C/c5ccccc5)cc4)ccc32)c2ccccc2)cc1)/c1ccccc1.CS(=O)(=O)c1ccc(N/N=C/c2ccc3c(c2)c2ccccc2n3CCCCCCCCCCn2c3ccccc3c3cc(/C=N/Nc4ccc(S(C)(=O)=O)cc4)ccc32)cc1. The normalized spacial score (nSPS) is 12.2. The second-order valence-corrected chi connectivity index (χ2v) is 40.6. The third-order valence-corrected chi connectivity index (χ3v) is 28.8. The third-order valence-electron chi connectivity index (χ3n) is 26.5. The van der Waals surface area contributed by atoms with E-state index in [2.05, 4.69) is 379 Å². The number of hydrogen-bond acceptors (Lipinski definition) is 12. The van der Waals surface area contributed by atoms with Crippen LogP contribution in [0.15, 0.2) is 418 Å². The highest BCUT2D eigenvalue weighted by Crippen LogP contribution is 2.38. The predicted octanol–water partition coefficient (Wildman–Crippen LogP) is 31.1. The Labute approximate surface area is 831 Å². The van der Waals surface area contributed by atoms with E-state index in [1.54, 1.807) is 61.0 Å². The molecule has 0 aliphatic carbocycles. The average Bonchev–Trinajstić information content (AvgIpc) is 1.62. The van der Waals surface area contributed by atoms with Crippen LogP contribution in [0.4, 0.5) is 34.1 Å². The lowest BCUT2D eigenvalue weighted by molar-refractivity contribution is 0.536. The van der Waals surface area contributed by atoms with Crippen LogP contribution in [0, 0.1) is 0 Å². The Morgan fingerprint density at radius 2 is 0.451 bits per heavy atom. The molecular formula is C124H116N12O4S2. The smallest absolute Gasteiger partial charge is 0.175 e. The summed E-state index contributed by atoms with van der Waals surface area (Å²) in [5, 5.41) is 33.0. The van der Waals surface area contributed by atoms with Crippen molar-refractivity contribution in [1.29, 1.82) is 0 Å². The summed E-state index contributed by atoms with van der Waals surface area (Å²) in [6.45, 7) is 3.95. The van der Waals surface area contributed by atoms with Crippen LogP contribution in [-0.2, 0) is 45.9 Å². The molecule has 0 radical (unpaired) electrons. The first-order valence-electron chi connectivity index (χ1n) is 49.4. The molecular weight excluding hydrogens is 1790 g/mol. The van der Waals surface area contributed by atoms with E-state index in [9.17, 15) is 16.8 Å². The number of para-hydroxylation sites is 6. The van der Waals surface area contributed by atoms with Gasteiger partial charge in [0, 0.05) is 126 Å². The van der Waals surface area contributed by atoms with Crippen molar-refractivity contribution in [2.45, 2.75) is 126 Å². The number of hydrogen-bond donors (Lipinski definition) is 2. The van der Waals surface area contributed by atoms with Gasteiger partial charge in [-0.2, -0.15) is 20.4 Å². The average molecular weight is 1900 g/mol. The van der Waals surface area contributed by atoms with Gasteiger partial charge in [-0.05, 0) is 240 Å². The minimum atomic E-state index is -3.24. The van der Waals surface area contributed by atoms with Gasteiger partial charge < -0.3 is 18.3 Å². The number of rotatable bonds is 40. The summed E-state index contributed by atoms with van der Waals surface area (Å²) in [5.41, 5.74) is 30.3. The number of aromatic nitrogens is 4. The standard InChI is InChI=1S/C74H64N6.C50H52N6O4S2/c1(3-21-51-77-71-33-19-17-31-67(71)69-53-61(43-49-73(69)77)55-75-79(63-27-13-7-14-28-63)65-45-39-59(40-46-65)37-35-57-23-9-5-10-24-57)2-4-22-52-78-72-34-20-18-32-68(72)70-54-62(44-50-74(70)78)56-76-80(64-29-15-8-16-30-64)66-47-41-60(42-48-66)38-36-58-25-11-6-12-26-58;1-61(57,58)41-25-21-39(22-26-41)53-51-35-37-19-29-49-45(33-37)43-15-9-11-17-47(43)55(49)31-13-7-5-3-4-6-8-14-32-56-48-18-12-10-16-44(48)46-34-38(20-30-50(46)56)36-52-54-40-23-27-42(28-24-40)62(2,59)60/h5-20,23-50,53-56H,1-4,21-22,51-52H2;9-12,15-30,33-36,53-54H,3-8,13-14,31-32H2,1-2H3/b37-35+,38-36+,75-55+,76-56+;51-35+,52-36+. The molecule has 0 amide bonds. The highest BCUT2D eigenvalue weighted by molar-refractivity contribution is 7.91. The number of fused-ring (bicyclic) bond motifs is 12. The summed E-state index contributed by atoms with van der Waals surface area (Å²) < 4.78 is 57.0. The minimum Gasteiger partial charge on any atom is -0.340 e. The maximum atomic E-state index is 11.8. The monoisotopic (exact) mass is 1900 g/mol. The number of benzene rings is 16. The number of anilines is 6. The highest BCUT2D eigenvalue weighted by atomic mass is 32.2. The molecule has 2 N–H and O–H groups in total. The zero-order valence-electron chi connectivity index (χ0n) is 80.2. The molecule has 0 saturated heterocycles. The molecule has 18 heteroatoms. The molecule has 20 aromatic rings. The number of aryl methyl sites for hydroxylation is 4. The maximum Gasteiger partial charge on any atom is 0.175 e. The number of sulfone groups is 2. The molecule has 0 bridgehead atoms. The van der Waals surface area contributed by atoms with Crippen LogP contribution >= 0.6 is 0 Å². The fourth-order valence-electron chi connectivity index (χ4n) is 19.3. The van der Waals surface area contributed by atoms with E-state index in [0.29, 0.717) is 0 Å². The van der Waals surface area contributed by atoms with Gasteiger partial charge in [-0.1, -0.05) is 307 Å². The third kappa shape index (κ3) is 23.3. The zero-order chi connectivity index (χ0) is 96.8. The predicted molar refractivity (Wildman–Crippen MR) is 600 cm³/mol. The van der Waals surface area contributed by atoms with Crippen LogP contribution in [0.5, 0.6) is 0 Å². The largest absolute Gasteiger partial charge is 0.340 e. The van der Waals surface area contributed by atoms with Crippen molar-refractivity contribution in [2.24, 2.45) is 20.4 Å². The van der Waals surface area contributed by atoms with Gasteiger partial charge in [-0.25, -0.2) is 26.9 Å². The lowest BCUT2D eigenvalue weighted by Crippen LogP contribution is -2.09. The van der Waals surface area contributed by atoms with Gasteiger partial charge in [0.25, 0.3) is 0 Å². The van der Waals surface area contributed by atoms with Crippen molar-refractivity contribution in [2.75, 3.05) is 33.4 Å². The van der Waals surface area contributed by atoms with Crippen LogP contribution in [0.25, 0.3) is 112 Å². The molecule has 0 fully saturated rings. The fraction of sp³-hybridized carbons (Fsp3) is 0.161. The molecule has 0 aliphatic rings. The first kappa shape index (κ1) is 94.9. The van der Waals surface area contributed by atoms with E-state index < -0.39 is 19.7 Å². The number of hydrazone groups is 4. The minimum absolute atomic E-state index is 0.282. The lowest BCUT2D eigenvalue weighted by atomic mass is 10.1. The molecule has 4 aromatic heterocycles. The molecule has 0 unspecified atom stereocenters. The molecule has 16 aromatic carbocycles. The van der Waals surface area contributed by atoms with E-state index in [1.807, 2.05) is 46.7 Å². The van der Waals surface area contributed by atoms with Crippen molar-refractivity contribution in [3.8, 4) is 0 Å². The Bertz CT molecular complexity index is 7710. The molecule has 4 heterocycles. The van der Waals surface area contributed by atoms with Crippen LogP contribution < -0.4 is 20.9 Å². The van der Waals surface area contributed by atoms with Crippen LogP contribution in [0.3, 0.4) is 0 Å². The first-order valence-corrected chi connectivity index (χ1v) is 53.2. The summed E-state index contributed by atoms with van der Waals surface area (Å²) in [6.07, 6.45) is 35.4. The van der Waals surface area contributed by atoms with Gasteiger partial charge in [-0.3, -0.25) is 10.9 Å². The fourth-order valence-corrected chi connectivity index (χ4v) is 20.5. The summed E-state index contributed by atoms with van der Waals surface area (Å²) in [5.74, 6) is 0. The van der Waals surface area contributed by atoms with Gasteiger partial charge in [0.2, 0.25) is 0 Å². The second kappa shape index (κ2) is 45.3. The summed E-state index contributed by atoms with van der Waals surface area (Å²) in [6, 6.07) is 133. The topological polar surface area (TPSA) is 168 Å². The Morgan fingerprint density at radius 3 is 0.732 bits per heavy atom. The van der Waals surface area contributed by atoms with E-state index in [0.717, 1.165) is 119 Å². The first-order chi connectivity index (χ1) is 69.7. The van der Waals surface area contributed by atoms with Crippen molar-refractivity contribution in [1.82, 2.24) is 18.3 Å². The summed E-state index contributed by atoms with van der Waals surface area (Å²) in [4.78, 5) is 0.564. The van der Waals surface area contributed by atoms with Gasteiger partial charge >= 0.3 is 0 Å². The van der Waals surface area contributed by atoms with Crippen molar-refractivity contribution in [3.63, 3.8) is 0 Å². The molecule has 708 valence electrons. The van der Waals surface area contributed by atoms with E-state index in [4.69, 9.17) is 10.2 Å². The number of nitrogens with one attached hydrogen (secondary N) is 2. The molecule has 0 spiro atoms. The Morgan fingerprint density at radius 1 is 0.225 bits per heavy atom. The van der Waals surface area contributed by atoms with E-state index >= 15 is 0 Å². The molecule has 16 nitrogen and oxygen atoms in total. The van der Waals surface area contributed by atoms with Crippen molar-refractivity contribution < 1.29 is 16.8 Å². The molecule has 142 heavy (non-hydrogen) atoms. The summed E-state index contributed by atoms with van der Waals surface area (Å²) in [7, 11) is -6.48. The Hall–Kier alpha value is -16.0. The molecule has 0 saturated carbocycles. The van der Waals surface area contributed by atoms with E-state index in [1.165, 1.54) is 175 Å². The Kier molecular flexibility index (Phi) is 30.3. The summed E-state index contributed by atoms with van der Waals surface area (Å²) >= 11 is 0. The van der Waals surface area contributed by atoms with Gasteiger partial charge in [0.1, 0.15) is 0 Å². The lowest BCUT2D eigenvalue weighted by Gasteiger charge is -2.19. The number of nitrogens with zero attached hydrogens (tertiary/aromatic N) is 10. The maximum absolute atomic E-state index is 11.8. The Balaban J connectivity index is 0.000000186. The van der Waals surface area contributed by atoms with Crippen molar-refractivity contribution >= 4 is 190 Å². The van der Waals surface area contributed by atoms with Gasteiger partial charge in [-0.15, -0.1) is 0 Å². The highest BCUT2D eigenvalue weighted by Gasteiger charge is 2.19. The van der Waals surface area contributed by atoms with Crippen LogP contribution in [-0.4, -0.2) is 72.5 Å². The molecule has 0 aliphatic heterocycles. The van der Waals surface area contributed by atoms with Gasteiger partial charge in [0.15, 0.2) is 19.7 Å². The van der Waals surface area contributed by atoms with Crippen LogP contribution in [0.1, 0.15) is 134 Å².